The molecule has 2 atom stereocenters. The average molecular weight is 272 g/mol. The van der Waals surface area contributed by atoms with Gasteiger partial charge in [0, 0.05) is 18.3 Å². The Bertz CT molecular complexity index is 411. The van der Waals surface area contributed by atoms with Crippen LogP contribution in [0.25, 0.3) is 0 Å². The Hall–Kier alpha value is -0.800. The zero-order valence-electron chi connectivity index (χ0n) is 10.7. The molecule has 1 aromatic carbocycles. The Morgan fingerprint density at radius 2 is 2.22 bits per heavy atom. The van der Waals surface area contributed by atoms with Crippen molar-refractivity contribution in [3.63, 3.8) is 0 Å². The van der Waals surface area contributed by atoms with Crippen LogP contribution in [0.5, 0.6) is 0 Å². The summed E-state index contributed by atoms with van der Waals surface area (Å²) in [6, 6.07) is 5.18. The molecule has 1 fully saturated rings. The highest BCUT2D eigenvalue weighted by Gasteiger charge is 2.24. The molecule has 1 N–H and O–H groups in total. The van der Waals surface area contributed by atoms with Crippen molar-refractivity contribution < 1.29 is 9.13 Å². The van der Waals surface area contributed by atoms with E-state index in [9.17, 15) is 4.39 Å². The van der Waals surface area contributed by atoms with Crippen LogP contribution >= 0.6 is 11.6 Å². The topological polar surface area (TPSA) is 21.3 Å². The van der Waals surface area contributed by atoms with Gasteiger partial charge in [0.05, 0.1) is 11.1 Å². The first-order valence-electron chi connectivity index (χ1n) is 6.39. The Kier molecular flexibility index (Phi) is 4.46. The van der Waals surface area contributed by atoms with Crippen LogP contribution in [0.1, 0.15) is 26.7 Å². The third-order valence-electron chi connectivity index (χ3n) is 3.35. The van der Waals surface area contributed by atoms with Crippen molar-refractivity contribution in [2.75, 3.05) is 11.9 Å². The van der Waals surface area contributed by atoms with Crippen LogP contribution < -0.4 is 5.32 Å². The highest BCUT2D eigenvalue weighted by molar-refractivity contribution is 6.30. The van der Waals surface area contributed by atoms with E-state index in [0.717, 1.165) is 25.1 Å². The molecule has 18 heavy (non-hydrogen) atoms. The number of ether oxygens (including phenoxy) is 1. The number of rotatable bonds is 3. The summed E-state index contributed by atoms with van der Waals surface area (Å²) in [6.45, 7) is 5.08. The molecule has 1 aromatic rings. The molecule has 100 valence electrons. The minimum absolute atomic E-state index is 0.160. The van der Waals surface area contributed by atoms with Crippen molar-refractivity contribution in [3.05, 3.63) is 29.0 Å². The summed E-state index contributed by atoms with van der Waals surface area (Å²) in [7, 11) is 0. The maximum Gasteiger partial charge on any atom is 0.143 e. The van der Waals surface area contributed by atoms with E-state index in [1.54, 1.807) is 6.07 Å². The number of benzene rings is 1. The van der Waals surface area contributed by atoms with Gasteiger partial charge < -0.3 is 10.1 Å². The number of nitrogens with one attached hydrogen (secondary N) is 1. The van der Waals surface area contributed by atoms with Gasteiger partial charge in [0.1, 0.15) is 5.82 Å². The standard InChI is InChI=1S/C14H19ClFNO/c1-9(2)14-8-11(5-6-18-14)17-10-3-4-12(15)13(16)7-10/h3-4,7,9,11,14,17H,5-6,8H2,1-2H3. The normalized spacial score (nSPS) is 24.3. The summed E-state index contributed by atoms with van der Waals surface area (Å²) in [5, 5.41) is 3.51. The predicted molar refractivity (Wildman–Crippen MR) is 72.6 cm³/mol. The average Bonchev–Trinajstić information content (AvgIpc) is 2.34. The molecular weight excluding hydrogens is 253 g/mol. The van der Waals surface area contributed by atoms with Gasteiger partial charge in [-0.3, -0.25) is 0 Å². The van der Waals surface area contributed by atoms with Gasteiger partial charge in [0.25, 0.3) is 0 Å². The lowest BCUT2D eigenvalue weighted by Gasteiger charge is -2.33. The largest absolute Gasteiger partial charge is 0.382 e. The fraction of sp³-hybridized carbons (Fsp3) is 0.571. The van der Waals surface area contributed by atoms with E-state index in [4.69, 9.17) is 16.3 Å². The summed E-state index contributed by atoms with van der Waals surface area (Å²) in [5.74, 6) is 0.130. The smallest absolute Gasteiger partial charge is 0.143 e. The molecule has 1 aliphatic rings. The first kappa shape index (κ1) is 13.6. The van der Waals surface area contributed by atoms with Crippen molar-refractivity contribution in [1.82, 2.24) is 0 Å². The Balaban J connectivity index is 1.98. The Morgan fingerprint density at radius 3 is 2.89 bits per heavy atom. The quantitative estimate of drug-likeness (QED) is 0.894. The molecule has 0 radical (unpaired) electrons. The fourth-order valence-corrected chi connectivity index (χ4v) is 2.36. The minimum atomic E-state index is -0.380. The molecule has 1 heterocycles. The van der Waals surface area contributed by atoms with Gasteiger partial charge in [-0.25, -0.2) is 4.39 Å². The van der Waals surface area contributed by atoms with Crippen LogP contribution in [-0.2, 0) is 4.74 Å². The van der Waals surface area contributed by atoms with E-state index in [-0.39, 0.29) is 16.9 Å². The Morgan fingerprint density at radius 1 is 1.44 bits per heavy atom. The maximum absolute atomic E-state index is 13.3. The van der Waals surface area contributed by atoms with E-state index in [1.165, 1.54) is 6.07 Å². The van der Waals surface area contributed by atoms with Crippen molar-refractivity contribution in [3.8, 4) is 0 Å². The van der Waals surface area contributed by atoms with Crippen LogP contribution in [0.2, 0.25) is 5.02 Å². The zero-order chi connectivity index (χ0) is 13.1. The molecule has 1 saturated heterocycles. The second kappa shape index (κ2) is 5.89. The zero-order valence-corrected chi connectivity index (χ0v) is 11.5. The van der Waals surface area contributed by atoms with Gasteiger partial charge in [-0.1, -0.05) is 25.4 Å². The van der Waals surface area contributed by atoms with E-state index in [1.807, 2.05) is 6.07 Å². The Labute approximate surface area is 112 Å². The lowest BCUT2D eigenvalue weighted by molar-refractivity contribution is -0.0160. The molecular formula is C14H19ClFNO. The predicted octanol–water partition coefficient (Wildman–Crippen LogP) is 4.09. The van der Waals surface area contributed by atoms with Crippen LogP contribution in [0.15, 0.2) is 18.2 Å². The van der Waals surface area contributed by atoms with Gasteiger partial charge >= 0.3 is 0 Å². The third-order valence-corrected chi connectivity index (χ3v) is 3.66. The lowest BCUT2D eigenvalue weighted by atomic mass is 9.95. The van der Waals surface area contributed by atoms with E-state index in [2.05, 4.69) is 19.2 Å². The number of anilines is 1. The monoisotopic (exact) mass is 271 g/mol. The van der Waals surface area contributed by atoms with Gasteiger partial charge in [-0.15, -0.1) is 0 Å². The summed E-state index contributed by atoms with van der Waals surface area (Å²) in [4.78, 5) is 0. The second-order valence-electron chi connectivity index (χ2n) is 5.15. The minimum Gasteiger partial charge on any atom is -0.382 e. The molecule has 0 aliphatic carbocycles. The fourth-order valence-electron chi connectivity index (χ4n) is 2.25. The number of hydrogen-bond donors (Lipinski definition) is 1. The van der Waals surface area contributed by atoms with Gasteiger partial charge in [-0.05, 0) is 37.0 Å². The molecule has 1 aliphatic heterocycles. The first-order valence-corrected chi connectivity index (χ1v) is 6.77. The molecule has 0 aromatic heterocycles. The van der Waals surface area contributed by atoms with Crippen molar-refractivity contribution >= 4 is 17.3 Å². The van der Waals surface area contributed by atoms with Gasteiger partial charge in [0.15, 0.2) is 0 Å². The molecule has 2 rings (SSSR count). The highest BCUT2D eigenvalue weighted by atomic mass is 35.5. The second-order valence-corrected chi connectivity index (χ2v) is 5.55. The molecule has 2 unspecified atom stereocenters. The molecule has 2 nitrogen and oxygen atoms in total. The summed E-state index contributed by atoms with van der Waals surface area (Å²) >= 11 is 5.67. The SMILES string of the molecule is CC(C)C1CC(Nc2ccc(Cl)c(F)c2)CCO1. The van der Waals surface area contributed by atoms with Crippen LogP contribution in [0.3, 0.4) is 0 Å². The lowest BCUT2D eigenvalue weighted by Crippen LogP contribution is -2.36. The van der Waals surface area contributed by atoms with E-state index in [0.29, 0.717) is 12.0 Å². The van der Waals surface area contributed by atoms with Gasteiger partial charge in [-0.2, -0.15) is 0 Å². The molecule has 0 saturated carbocycles. The van der Waals surface area contributed by atoms with Crippen LogP contribution in [0.4, 0.5) is 10.1 Å². The first-order chi connectivity index (χ1) is 8.56. The maximum atomic E-state index is 13.3. The molecule has 4 heteroatoms. The van der Waals surface area contributed by atoms with Crippen molar-refractivity contribution in [2.24, 2.45) is 5.92 Å². The van der Waals surface area contributed by atoms with Crippen molar-refractivity contribution in [1.29, 1.82) is 0 Å². The highest BCUT2D eigenvalue weighted by Crippen LogP contribution is 2.25. The molecule has 0 bridgehead atoms. The molecule has 0 spiro atoms. The van der Waals surface area contributed by atoms with Crippen LogP contribution in [-0.4, -0.2) is 18.8 Å². The van der Waals surface area contributed by atoms with E-state index < -0.39 is 0 Å². The summed E-state index contributed by atoms with van der Waals surface area (Å²) < 4.78 is 19.1. The summed E-state index contributed by atoms with van der Waals surface area (Å²) in [6.07, 6.45) is 2.20. The third kappa shape index (κ3) is 3.36. The van der Waals surface area contributed by atoms with Crippen molar-refractivity contribution in [2.45, 2.75) is 38.8 Å². The van der Waals surface area contributed by atoms with E-state index >= 15 is 0 Å². The number of hydrogen-bond acceptors (Lipinski definition) is 2. The summed E-state index contributed by atoms with van der Waals surface area (Å²) in [5.41, 5.74) is 0.784. The molecule has 0 amide bonds. The number of halogens is 2. The van der Waals surface area contributed by atoms with Gasteiger partial charge in [0.2, 0.25) is 0 Å². The van der Waals surface area contributed by atoms with Crippen LogP contribution in [0, 0.1) is 11.7 Å².